The number of amides is 1. The van der Waals surface area contributed by atoms with E-state index in [1.807, 2.05) is 36.9 Å². The fraction of sp³-hybridized carbons (Fsp3) is 0.480. The topological polar surface area (TPSA) is 70.2 Å². The predicted molar refractivity (Wildman–Crippen MR) is 129 cm³/mol. The monoisotopic (exact) mass is 471 g/mol. The summed E-state index contributed by atoms with van der Waals surface area (Å²) < 4.78 is 34.8. The minimum Gasteiger partial charge on any atom is -0.496 e. The van der Waals surface area contributed by atoms with Crippen LogP contribution in [0.1, 0.15) is 36.0 Å². The van der Waals surface area contributed by atoms with Crippen molar-refractivity contribution in [3.05, 3.63) is 53.1 Å². The van der Waals surface area contributed by atoms with Crippen LogP contribution < -0.4 is 9.04 Å². The molecular formula is C25H33N3O4S. The second kappa shape index (κ2) is 8.99. The summed E-state index contributed by atoms with van der Waals surface area (Å²) in [4.78, 5) is 18.1. The van der Waals surface area contributed by atoms with Gasteiger partial charge in [-0.05, 0) is 75.7 Å². The molecule has 1 fully saturated rings. The highest BCUT2D eigenvalue weighted by molar-refractivity contribution is 7.93. The van der Waals surface area contributed by atoms with Crippen LogP contribution in [0, 0.1) is 13.8 Å². The smallest absolute Gasteiger partial charge is 0.264 e. The number of carbonyl (C=O) groups excluding carboxylic acids is 1. The van der Waals surface area contributed by atoms with Gasteiger partial charge in [0.05, 0.1) is 29.7 Å². The molecule has 0 spiro atoms. The molecule has 2 aromatic carbocycles. The summed E-state index contributed by atoms with van der Waals surface area (Å²) in [6.45, 7) is 8.63. The zero-order valence-electron chi connectivity index (χ0n) is 20.0. The van der Waals surface area contributed by atoms with Gasteiger partial charge in [-0.15, -0.1) is 0 Å². The van der Waals surface area contributed by atoms with E-state index in [1.54, 1.807) is 32.2 Å². The number of nitrogens with zero attached hydrogens (tertiary/aromatic N) is 3. The van der Waals surface area contributed by atoms with E-state index in [1.165, 1.54) is 4.31 Å². The normalized spacial score (nSPS) is 21.6. The number of sulfonamides is 1. The molecule has 0 aromatic heterocycles. The van der Waals surface area contributed by atoms with E-state index in [0.29, 0.717) is 30.1 Å². The van der Waals surface area contributed by atoms with Gasteiger partial charge in [-0.25, -0.2) is 8.42 Å². The van der Waals surface area contributed by atoms with Gasteiger partial charge in [-0.1, -0.05) is 18.2 Å². The standard InChI is InChI=1S/C25H33N3O4S/c1-17-18(2)23(12-11-22(17)32-5)33(30,31)28-19(3)24(20-9-6-7-10-21(20)28)25(29)27-14-8-13-26(4)15-16-27/h6-7,9-12,19,24H,8,13-16H2,1-5H3/t19-,24-/m0/s1. The van der Waals surface area contributed by atoms with Gasteiger partial charge in [-0.2, -0.15) is 0 Å². The number of hydrogen-bond acceptors (Lipinski definition) is 5. The van der Waals surface area contributed by atoms with Crippen molar-refractivity contribution in [2.75, 3.05) is 44.6 Å². The van der Waals surface area contributed by atoms with Gasteiger partial charge in [0.25, 0.3) is 10.0 Å². The molecule has 7 nitrogen and oxygen atoms in total. The van der Waals surface area contributed by atoms with Gasteiger partial charge >= 0.3 is 0 Å². The SMILES string of the molecule is COc1ccc(S(=O)(=O)N2c3ccccc3[C@@H](C(=O)N3CCCN(C)CC3)[C@@H]2C)c(C)c1C. The number of anilines is 1. The Kier molecular flexibility index (Phi) is 6.42. The molecule has 1 saturated heterocycles. The molecule has 2 aliphatic rings. The second-order valence-corrected chi connectivity index (χ2v) is 10.9. The number of hydrogen-bond donors (Lipinski definition) is 0. The van der Waals surface area contributed by atoms with E-state index >= 15 is 0 Å². The van der Waals surface area contributed by atoms with Crippen LogP contribution in [-0.4, -0.2) is 70.5 Å². The number of likely N-dealkylation sites (N-methyl/N-ethyl adjacent to an activating group) is 1. The first-order valence-electron chi connectivity index (χ1n) is 11.4. The van der Waals surface area contributed by atoms with Crippen LogP contribution in [0.25, 0.3) is 0 Å². The Hall–Kier alpha value is -2.58. The van der Waals surface area contributed by atoms with Crippen molar-refractivity contribution in [1.82, 2.24) is 9.80 Å². The van der Waals surface area contributed by atoms with Gasteiger partial charge in [-0.3, -0.25) is 9.10 Å². The van der Waals surface area contributed by atoms with Crippen molar-refractivity contribution in [2.24, 2.45) is 0 Å². The van der Waals surface area contributed by atoms with E-state index in [2.05, 4.69) is 11.9 Å². The molecule has 0 unspecified atom stereocenters. The first-order valence-corrected chi connectivity index (χ1v) is 12.9. The summed E-state index contributed by atoms with van der Waals surface area (Å²) in [5.41, 5.74) is 2.81. The van der Waals surface area contributed by atoms with Crippen LogP contribution in [0.5, 0.6) is 5.75 Å². The molecule has 2 aromatic rings. The molecule has 1 amide bonds. The molecule has 2 aliphatic heterocycles. The van der Waals surface area contributed by atoms with E-state index in [-0.39, 0.29) is 10.8 Å². The largest absolute Gasteiger partial charge is 0.496 e. The lowest BCUT2D eigenvalue weighted by Crippen LogP contribution is -2.44. The highest BCUT2D eigenvalue weighted by Crippen LogP contribution is 2.45. The van der Waals surface area contributed by atoms with Crippen molar-refractivity contribution in [2.45, 2.75) is 44.0 Å². The van der Waals surface area contributed by atoms with Crippen LogP contribution in [0.15, 0.2) is 41.3 Å². The van der Waals surface area contributed by atoms with Crippen molar-refractivity contribution < 1.29 is 17.9 Å². The fourth-order valence-electron chi connectivity index (χ4n) is 5.09. The maximum atomic E-state index is 14.0. The number of para-hydroxylation sites is 1. The summed E-state index contributed by atoms with van der Waals surface area (Å²) in [7, 11) is -0.254. The highest BCUT2D eigenvalue weighted by atomic mass is 32.2. The van der Waals surface area contributed by atoms with Crippen molar-refractivity contribution >= 4 is 21.6 Å². The summed E-state index contributed by atoms with van der Waals surface area (Å²) >= 11 is 0. The first kappa shape index (κ1) is 23.6. The lowest BCUT2D eigenvalue weighted by atomic mass is 9.94. The molecule has 0 bridgehead atoms. The Bertz CT molecular complexity index is 1160. The van der Waals surface area contributed by atoms with Crippen molar-refractivity contribution in [1.29, 1.82) is 0 Å². The molecule has 0 saturated carbocycles. The van der Waals surface area contributed by atoms with Gasteiger partial charge < -0.3 is 14.5 Å². The molecule has 2 heterocycles. The van der Waals surface area contributed by atoms with Gasteiger partial charge in [0, 0.05) is 19.6 Å². The Morgan fingerprint density at radius 2 is 1.73 bits per heavy atom. The number of ether oxygens (including phenoxy) is 1. The Morgan fingerprint density at radius 3 is 2.45 bits per heavy atom. The number of rotatable bonds is 4. The Labute approximate surface area is 197 Å². The number of carbonyl (C=O) groups is 1. The predicted octanol–water partition coefficient (Wildman–Crippen LogP) is 3.16. The highest BCUT2D eigenvalue weighted by Gasteiger charge is 2.47. The zero-order chi connectivity index (χ0) is 23.9. The summed E-state index contributed by atoms with van der Waals surface area (Å²) in [6.07, 6.45) is 0.914. The summed E-state index contributed by atoms with van der Waals surface area (Å²) in [5, 5.41) is 0. The molecule has 0 aliphatic carbocycles. The molecule has 178 valence electrons. The van der Waals surface area contributed by atoms with Crippen molar-refractivity contribution in [3.8, 4) is 5.75 Å². The van der Waals surface area contributed by atoms with Crippen LogP contribution >= 0.6 is 0 Å². The number of benzene rings is 2. The molecule has 33 heavy (non-hydrogen) atoms. The van der Waals surface area contributed by atoms with Crippen LogP contribution in [0.3, 0.4) is 0 Å². The van der Waals surface area contributed by atoms with Crippen LogP contribution in [-0.2, 0) is 14.8 Å². The lowest BCUT2D eigenvalue weighted by Gasteiger charge is -2.30. The van der Waals surface area contributed by atoms with E-state index in [9.17, 15) is 13.2 Å². The van der Waals surface area contributed by atoms with Gasteiger partial charge in [0.1, 0.15) is 5.75 Å². The number of fused-ring (bicyclic) bond motifs is 1. The third-order valence-corrected chi connectivity index (χ3v) is 9.15. The molecule has 2 atom stereocenters. The first-order chi connectivity index (χ1) is 15.7. The van der Waals surface area contributed by atoms with E-state index in [0.717, 1.165) is 30.6 Å². The molecule has 4 rings (SSSR count). The average molecular weight is 472 g/mol. The summed E-state index contributed by atoms with van der Waals surface area (Å²) in [6, 6.07) is 10.2. The maximum absolute atomic E-state index is 14.0. The number of methoxy groups -OCH3 is 1. The molecule has 0 radical (unpaired) electrons. The quantitative estimate of drug-likeness (QED) is 0.685. The van der Waals surface area contributed by atoms with Crippen molar-refractivity contribution in [3.63, 3.8) is 0 Å². The van der Waals surface area contributed by atoms with E-state index in [4.69, 9.17) is 4.74 Å². The molecule has 8 heteroatoms. The lowest BCUT2D eigenvalue weighted by molar-refractivity contribution is -0.132. The van der Waals surface area contributed by atoms with Gasteiger partial charge in [0.15, 0.2) is 0 Å². The minimum absolute atomic E-state index is 0.00517. The summed E-state index contributed by atoms with van der Waals surface area (Å²) in [5.74, 6) is 0.130. The Balaban J connectivity index is 1.75. The minimum atomic E-state index is -3.89. The molecular weight excluding hydrogens is 438 g/mol. The third kappa shape index (κ3) is 3.99. The van der Waals surface area contributed by atoms with E-state index < -0.39 is 22.0 Å². The average Bonchev–Trinajstić information content (AvgIpc) is 2.92. The molecule has 0 N–H and O–H groups in total. The second-order valence-electron chi connectivity index (χ2n) is 9.08. The fourth-order valence-corrected chi connectivity index (χ4v) is 7.07. The zero-order valence-corrected chi connectivity index (χ0v) is 20.9. The Morgan fingerprint density at radius 1 is 1.00 bits per heavy atom. The third-order valence-electron chi connectivity index (χ3n) is 7.10. The van der Waals surface area contributed by atoms with Crippen LogP contribution in [0.2, 0.25) is 0 Å². The maximum Gasteiger partial charge on any atom is 0.264 e. The van der Waals surface area contributed by atoms with Crippen LogP contribution in [0.4, 0.5) is 5.69 Å². The van der Waals surface area contributed by atoms with Gasteiger partial charge in [0.2, 0.25) is 5.91 Å².